The summed E-state index contributed by atoms with van der Waals surface area (Å²) >= 11 is 0. The first-order valence-corrected chi connectivity index (χ1v) is 8.71. The van der Waals surface area contributed by atoms with Gasteiger partial charge in [-0.1, -0.05) is 25.0 Å². The summed E-state index contributed by atoms with van der Waals surface area (Å²) in [4.78, 5) is 47.5. The third kappa shape index (κ3) is 2.90. The summed E-state index contributed by atoms with van der Waals surface area (Å²) in [7, 11) is 0. The van der Waals surface area contributed by atoms with Crippen molar-refractivity contribution >= 4 is 22.7 Å². The summed E-state index contributed by atoms with van der Waals surface area (Å²) in [6.07, 6.45) is 4.44. The number of benzene rings is 1. The number of H-pyrrole nitrogens is 1. The van der Waals surface area contributed by atoms with Gasteiger partial charge < -0.3 is 14.8 Å². The van der Waals surface area contributed by atoms with Crippen LogP contribution in [0.15, 0.2) is 29.1 Å². The van der Waals surface area contributed by atoms with Gasteiger partial charge in [-0.3, -0.25) is 14.4 Å². The second kappa shape index (κ2) is 6.31. The van der Waals surface area contributed by atoms with Crippen LogP contribution >= 0.6 is 0 Å². The van der Waals surface area contributed by atoms with E-state index in [-0.39, 0.29) is 23.8 Å². The number of para-hydroxylation sites is 1. The summed E-state index contributed by atoms with van der Waals surface area (Å²) in [6.45, 7) is 1.07. The molecule has 1 aromatic carbocycles. The van der Waals surface area contributed by atoms with Gasteiger partial charge in [0.05, 0.1) is 10.9 Å². The number of nitrogens with one attached hydrogen (secondary N) is 1. The second-order valence-electron chi connectivity index (χ2n) is 6.68. The van der Waals surface area contributed by atoms with Crippen molar-refractivity contribution in [3.05, 3.63) is 40.4 Å². The summed E-state index contributed by atoms with van der Waals surface area (Å²) < 4.78 is 0. The molecule has 2 amide bonds. The van der Waals surface area contributed by atoms with Gasteiger partial charge in [0.25, 0.3) is 11.5 Å². The Bertz CT molecular complexity index is 885. The van der Waals surface area contributed by atoms with Crippen LogP contribution < -0.4 is 5.56 Å². The lowest BCUT2D eigenvalue weighted by atomic mass is 10.1. The number of aromatic nitrogens is 2. The molecule has 2 heterocycles. The average molecular weight is 340 g/mol. The SMILES string of the molecule is O=C(c1nc2ccccc2c(=O)[nH]1)N1CCN(C2CCCC2)C(=O)C1. The number of aromatic amines is 1. The Morgan fingerprint density at radius 1 is 1.12 bits per heavy atom. The minimum atomic E-state index is -0.401. The van der Waals surface area contributed by atoms with Gasteiger partial charge in [0.1, 0.15) is 6.54 Å². The molecule has 0 unspecified atom stereocenters. The van der Waals surface area contributed by atoms with Crippen molar-refractivity contribution in [3.8, 4) is 0 Å². The molecule has 2 fully saturated rings. The van der Waals surface area contributed by atoms with Gasteiger partial charge in [0, 0.05) is 19.1 Å². The monoisotopic (exact) mass is 340 g/mol. The van der Waals surface area contributed by atoms with Crippen molar-refractivity contribution in [2.45, 2.75) is 31.7 Å². The third-order valence-corrected chi connectivity index (χ3v) is 5.13. The lowest BCUT2D eigenvalue weighted by Crippen LogP contribution is -2.55. The number of hydrogen-bond donors (Lipinski definition) is 1. The van der Waals surface area contributed by atoms with Gasteiger partial charge in [0.15, 0.2) is 5.82 Å². The number of piperazine rings is 1. The molecule has 7 heteroatoms. The van der Waals surface area contributed by atoms with E-state index < -0.39 is 5.91 Å². The highest BCUT2D eigenvalue weighted by Crippen LogP contribution is 2.25. The normalized spacial score (nSPS) is 19.0. The van der Waals surface area contributed by atoms with Gasteiger partial charge in [-0.05, 0) is 25.0 Å². The molecule has 1 aliphatic heterocycles. The van der Waals surface area contributed by atoms with Gasteiger partial charge in [-0.2, -0.15) is 0 Å². The van der Waals surface area contributed by atoms with Crippen LogP contribution in [-0.2, 0) is 4.79 Å². The van der Waals surface area contributed by atoms with E-state index in [2.05, 4.69) is 9.97 Å². The van der Waals surface area contributed by atoms with Crippen LogP contribution in [0.3, 0.4) is 0 Å². The fourth-order valence-electron chi connectivity index (χ4n) is 3.80. The van der Waals surface area contributed by atoms with Gasteiger partial charge in [0.2, 0.25) is 5.91 Å². The van der Waals surface area contributed by atoms with E-state index in [0.29, 0.717) is 30.0 Å². The molecule has 0 bridgehead atoms. The van der Waals surface area contributed by atoms with E-state index in [9.17, 15) is 14.4 Å². The number of carbonyl (C=O) groups is 2. The quantitative estimate of drug-likeness (QED) is 0.888. The Morgan fingerprint density at radius 3 is 2.64 bits per heavy atom. The number of fused-ring (bicyclic) bond motifs is 1. The molecule has 1 saturated carbocycles. The number of carbonyl (C=O) groups excluding carboxylic acids is 2. The fourth-order valence-corrected chi connectivity index (χ4v) is 3.80. The Hall–Kier alpha value is -2.70. The van der Waals surface area contributed by atoms with Crippen LogP contribution in [-0.4, -0.2) is 57.3 Å². The van der Waals surface area contributed by atoms with Gasteiger partial charge >= 0.3 is 0 Å². The highest BCUT2D eigenvalue weighted by molar-refractivity contribution is 5.95. The maximum Gasteiger partial charge on any atom is 0.290 e. The van der Waals surface area contributed by atoms with Crippen LogP contribution in [0.25, 0.3) is 10.9 Å². The van der Waals surface area contributed by atoms with E-state index >= 15 is 0 Å². The molecular formula is C18H20N4O3. The molecule has 7 nitrogen and oxygen atoms in total. The zero-order valence-electron chi connectivity index (χ0n) is 13.9. The van der Waals surface area contributed by atoms with E-state index in [1.807, 2.05) is 4.90 Å². The summed E-state index contributed by atoms with van der Waals surface area (Å²) in [5, 5.41) is 0.446. The Morgan fingerprint density at radius 2 is 1.88 bits per heavy atom. The predicted octanol–water partition coefficient (Wildman–Crippen LogP) is 1.15. The van der Waals surface area contributed by atoms with Crippen molar-refractivity contribution in [2.24, 2.45) is 0 Å². The van der Waals surface area contributed by atoms with Crippen molar-refractivity contribution in [2.75, 3.05) is 19.6 Å². The molecule has 1 aromatic heterocycles. The minimum absolute atomic E-state index is 0.00850. The Labute approximate surface area is 144 Å². The zero-order chi connectivity index (χ0) is 17.4. The minimum Gasteiger partial charge on any atom is -0.336 e. The summed E-state index contributed by atoms with van der Waals surface area (Å²) in [5.74, 6) is -0.428. The maximum atomic E-state index is 12.7. The summed E-state index contributed by atoms with van der Waals surface area (Å²) in [6, 6.07) is 7.21. The third-order valence-electron chi connectivity index (χ3n) is 5.13. The van der Waals surface area contributed by atoms with Crippen LogP contribution in [0.1, 0.15) is 36.3 Å². The van der Waals surface area contributed by atoms with Crippen LogP contribution in [0.2, 0.25) is 0 Å². The highest BCUT2D eigenvalue weighted by atomic mass is 16.2. The van der Waals surface area contributed by atoms with Crippen molar-refractivity contribution in [3.63, 3.8) is 0 Å². The van der Waals surface area contributed by atoms with E-state index in [4.69, 9.17) is 0 Å². The van der Waals surface area contributed by atoms with E-state index in [1.54, 1.807) is 24.3 Å². The molecule has 1 aliphatic carbocycles. The molecule has 2 aromatic rings. The second-order valence-corrected chi connectivity index (χ2v) is 6.68. The van der Waals surface area contributed by atoms with Gasteiger partial charge in [-0.25, -0.2) is 4.98 Å². The number of rotatable bonds is 2. The maximum absolute atomic E-state index is 12.7. The molecule has 25 heavy (non-hydrogen) atoms. The lowest BCUT2D eigenvalue weighted by molar-refractivity contribution is -0.137. The van der Waals surface area contributed by atoms with Crippen molar-refractivity contribution in [1.82, 2.24) is 19.8 Å². The molecule has 0 spiro atoms. The Balaban J connectivity index is 1.54. The molecule has 130 valence electrons. The van der Waals surface area contributed by atoms with Crippen molar-refractivity contribution in [1.29, 1.82) is 0 Å². The summed E-state index contributed by atoms with van der Waals surface area (Å²) in [5.41, 5.74) is 0.135. The highest BCUT2D eigenvalue weighted by Gasteiger charge is 2.33. The molecule has 1 saturated heterocycles. The Kier molecular flexibility index (Phi) is 3.99. The van der Waals surface area contributed by atoms with Gasteiger partial charge in [-0.15, -0.1) is 0 Å². The first-order chi connectivity index (χ1) is 12.1. The molecule has 2 aliphatic rings. The van der Waals surface area contributed by atoms with Crippen molar-refractivity contribution < 1.29 is 9.59 Å². The van der Waals surface area contributed by atoms with Crippen LogP contribution in [0.5, 0.6) is 0 Å². The van der Waals surface area contributed by atoms with E-state index in [0.717, 1.165) is 12.8 Å². The number of amides is 2. The zero-order valence-corrected chi connectivity index (χ0v) is 13.9. The van der Waals surface area contributed by atoms with Crippen LogP contribution in [0.4, 0.5) is 0 Å². The van der Waals surface area contributed by atoms with E-state index in [1.165, 1.54) is 17.7 Å². The average Bonchev–Trinajstić information content (AvgIpc) is 3.15. The molecule has 0 radical (unpaired) electrons. The predicted molar refractivity (Wildman–Crippen MR) is 92.2 cm³/mol. The molecule has 1 N–H and O–H groups in total. The lowest BCUT2D eigenvalue weighted by Gasteiger charge is -2.37. The fraction of sp³-hybridized carbons (Fsp3) is 0.444. The first kappa shape index (κ1) is 15.8. The number of hydrogen-bond acceptors (Lipinski definition) is 4. The standard InChI is InChI=1S/C18H20N4O3/c23-15-11-21(9-10-22(15)12-5-1-2-6-12)18(25)16-19-14-8-4-3-7-13(14)17(24)20-16/h3-4,7-8,12H,1-2,5-6,9-11H2,(H,19,20,24). The smallest absolute Gasteiger partial charge is 0.290 e. The first-order valence-electron chi connectivity index (χ1n) is 8.71. The molecular weight excluding hydrogens is 320 g/mol. The van der Waals surface area contributed by atoms with Crippen LogP contribution in [0, 0.1) is 0 Å². The number of nitrogens with zero attached hydrogens (tertiary/aromatic N) is 3. The largest absolute Gasteiger partial charge is 0.336 e. The molecule has 0 atom stereocenters. The molecule has 4 rings (SSSR count). The topological polar surface area (TPSA) is 86.4 Å².